The van der Waals surface area contributed by atoms with E-state index in [1.165, 1.54) is 43.4 Å². The number of nitrogens with zero attached hydrogens (tertiary/aromatic N) is 1. The molecule has 0 aromatic heterocycles. The minimum Gasteiger partial charge on any atom is -0.313 e. The van der Waals surface area contributed by atoms with Crippen LogP contribution in [0.1, 0.15) is 44.2 Å². The van der Waals surface area contributed by atoms with Crippen LogP contribution in [0.15, 0.2) is 24.3 Å². The van der Waals surface area contributed by atoms with Gasteiger partial charge in [-0.1, -0.05) is 44.5 Å². The third-order valence-corrected chi connectivity index (χ3v) is 4.06. The molecule has 2 rings (SSSR count). The molecule has 1 heterocycles. The molecule has 0 radical (unpaired) electrons. The fourth-order valence-electron chi connectivity index (χ4n) is 3.08. The van der Waals surface area contributed by atoms with E-state index in [1.54, 1.807) is 0 Å². The van der Waals surface area contributed by atoms with Crippen molar-refractivity contribution in [1.29, 1.82) is 0 Å². The van der Waals surface area contributed by atoms with E-state index in [9.17, 15) is 0 Å². The molecule has 2 heteroatoms. The smallest absolute Gasteiger partial charge is 0.0231 e. The maximum atomic E-state index is 3.62. The second-order valence-electron chi connectivity index (χ2n) is 6.76. The van der Waals surface area contributed by atoms with Gasteiger partial charge in [-0.15, -0.1) is 0 Å². The van der Waals surface area contributed by atoms with E-state index >= 15 is 0 Å². The van der Waals surface area contributed by atoms with Crippen molar-refractivity contribution in [2.75, 3.05) is 20.1 Å². The van der Waals surface area contributed by atoms with E-state index in [0.29, 0.717) is 6.04 Å². The van der Waals surface area contributed by atoms with Crippen LogP contribution >= 0.6 is 0 Å². The predicted molar refractivity (Wildman–Crippen MR) is 87.0 cm³/mol. The van der Waals surface area contributed by atoms with Crippen molar-refractivity contribution in [3.63, 3.8) is 0 Å². The average molecular weight is 274 g/mol. The number of likely N-dealkylation sites (N-methyl/N-ethyl adjacent to an activating group) is 1. The molecule has 0 saturated carbocycles. The van der Waals surface area contributed by atoms with E-state index in [0.717, 1.165) is 19.0 Å². The molecule has 1 aliphatic rings. The van der Waals surface area contributed by atoms with Gasteiger partial charge in [-0.05, 0) is 49.9 Å². The van der Waals surface area contributed by atoms with Gasteiger partial charge in [0.2, 0.25) is 0 Å². The molecule has 0 amide bonds. The first-order valence-corrected chi connectivity index (χ1v) is 8.13. The van der Waals surface area contributed by atoms with Gasteiger partial charge >= 0.3 is 0 Å². The highest BCUT2D eigenvalue weighted by atomic mass is 15.1. The van der Waals surface area contributed by atoms with E-state index in [2.05, 4.69) is 55.4 Å². The molecule has 112 valence electrons. The zero-order chi connectivity index (χ0) is 14.4. The average Bonchev–Trinajstić information content (AvgIpc) is 2.41. The van der Waals surface area contributed by atoms with Crippen molar-refractivity contribution in [1.82, 2.24) is 10.2 Å². The molecular weight excluding hydrogens is 244 g/mol. The topological polar surface area (TPSA) is 15.3 Å². The van der Waals surface area contributed by atoms with Crippen molar-refractivity contribution < 1.29 is 0 Å². The number of hydrogen-bond acceptors (Lipinski definition) is 2. The lowest BCUT2D eigenvalue weighted by Crippen LogP contribution is -2.42. The third-order valence-electron chi connectivity index (χ3n) is 4.06. The Kier molecular flexibility index (Phi) is 6.06. The fraction of sp³-hybridized carbons (Fsp3) is 0.667. The molecule has 1 N–H and O–H groups in total. The van der Waals surface area contributed by atoms with Gasteiger partial charge < -0.3 is 10.2 Å². The summed E-state index contributed by atoms with van der Waals surface area (Å²) in [4.78, 5) is 2.44. The van der Waals surface area contributed by atoms with Crippen LogP contribution in [0, 0.1) is 5.92 Å². The normalized spacial score (nSPS) is 19.8. The summed E-state index contributed by atoms with van der Waals surface area (Å²) in [5.41, 5.74) is 2.89. The van der Waals surface area contributed by atoms with E-state index < -0.39 is 0 Å². The second-order valence-corrected chi connectivity index (χ2v) is 6.76. The highest BCUT2D eigenvalue weighted by Crippen LogP contribution is 2.12. The lowest BCUT2D eigenvalue weighted by molar-refractivity contribution is 0.256. The van der Waals surface area contributed by atoms with E-state index in [1.807, 2.05) is 0 Å². The molecular formula is C18H30N2. The lowest BCUT2D eigenvalue weighted by Gasteiger charge is -2.28. The Bertz CT molecular complexity index is 377. The van der Waals surface area contributed by atoms with Gasteiger partial charge in [0, 0.05) is 19.1 Å². The SMILES string of the molecule is CC(C)Cc1ccc(CN(C)CC2CCCCN2)cc1. The Hall–Kier alpha value is -0.860. The molecule has 0 spiro atoms. The molecule has 1 fully saturated rings. The number of benzene rings is 1. The molecule has 20 heavy (non-hydrogen) atoms. The number of piperidine rings is 1. The van der Waals surface area contributed by atoms with Crippen LogP contribution in [0.4, 0.5) is 0 Å². The first-order valence-electron chi connectivity index (χ1n) is 8.13. The predicted octanol–water partition coefficient (Wildman–Crippen LogP) is 3.46. The van der Waals surface area contributed by atoms with Gasteiger partial charge in [-0.25, -0.2) is 0 Å². The minimum atomic E-state index is 0.689. The molecule has 1 atom stereocenters. The molecule has 1 aliphatic heterocycles. The highest BCUT2D eigenvalue weighted by molar-refractivity contribution is 5.22. The Morgan fingerprint density at radius 1 is 1.15 bits per heavy atom. The van der Waals surface area contributed by atoms with Crippen LogP contribution in [0.3, 0.4) is 0 Å². The Morgan fingerprint density at radius 2 is 1.85 bits per heavy atom. The first-order chi connectivity index (χ1) is 9.63. The van der Waals surface area contributed by atoms with Crippen molar-refractivity contribution in [2.24, 2.45) is 5.92 Å². The molecule has 1 unspecified atom stereocenters. The summed E-state index contributed by atoms with van der Waals surface area (Å²) in [6.07, 6.45) is 5.24. The Balaban J connectivity index is 1.79. The van der Waals surface area contributed by atoms with Gasteiger partial charge in [0.15, 0.2) is 0 Å². The van der Waals surface area contributed by atoms with Crippen LogP contribution in [0.25, 0.3) is 0 Å². The van der Waals surface area contributed by atoms with Gasteiger partial charge in [-0.2, -0.15) is 0 Å². The lowest BCUT2D eigenvalue weighted by atomic mass is 10.0. The first kappa shape index (κ1) is 15.5. The molecule has 2 nitrogen and oxygen atoms in total. The summed E-state index contributed by atoms with van der Waals surface area (Å²) in [5.74, 6) is 0.737. The molecule has 0 aliphatic carbocycles. The summed E-state index contributed by atoms with van der Waals surface area (Å²) in [7, 11) is 2.23. The standard InChI is InChI=1S/C18H30N2/c1-15(2)12-16-7-9-17(10-8-16)13-20(3)14-18-6-4-5-11-19-18/h7-10,15,18-19H,4-6,11-14H2,1-3H3. The second kappa shape index (κ2) is 7.80. The zero-order valence-electron chi connectivity index (χ0n) is 13.4. The monoisotopic (exact) mass is 274 g/mol. The van der Waals surface area contributed by atoms with Gasteiger partial charge in [0.05, 0.1) is 0 Å². The largest absolute Gasteiger partial charge is 0.313 e. The Labute approximate surface area is 124 Å². The molecule has 1 saturated heterocycles. The quantitative estimate of drug-likeness (QED) is 0.854. The maximum Gasteiger partial charge on any atom is 0.0231 e. The minimum absolute atomic E-state index is 0.689. The number of rotatable bonds is 6. The summed E-state index contributed by atoms with van der Waals surface area (Å²) >= 11 is 0. The highest BCUT2D eigenvalue weighted by Gasteiger charge is 2.14. The van der Waals surface area contributed by atoms with Crippen molar-refractivity contribution in [3.8, 4) is 0 Å². The summed E-state index contributed by atoms with van der Waals surface area (Å²) in [6, 6.07) is 9.86. The van der Waals surface area contributed by atoms with Crippen molar-refractivity contribution in [2.45, 2.75) is 52.1 Å². The van der Waals surface area contributed by atoms with Crippen LogP contribution < -0.4 is 5.32 Å². The van der Waals surface area contributed by atoms with E-state index in [4.69, 9.17) is 0 Å². The molecule has 1 aromatic carbocycles. The van der Waals surface area contributed by atoms with Crippen LogP contribution in [0.2, 0.25) is 0 Å². The molecule has 0 bridgehead atoms. The van der Waals surface area contributed by atoms with Crippen LogP contribution in [0.5, 0.6) is 0 Å². The van der Waals surface area contributed by atoms with Crippen molar-refractivity contribution >= 4 is 0 Å². The van der Waals surface area contributed by atoms with E-state index in [-0.39, 0.29) is 0 Å². The zero-order valence-corrected chi connectivity index (χ0v) is 13.4. The Morgan fingerprint density at radius 3 is 2.45 bits per heavy atom. The van der Waals surface area contributed by atoms with Gasteiger partial charge in [0.1, 0.15) is 0 Å². The third kappa shape index (κ3) is 5.26. The summed E-state index contributed by atoms with van der Waals surface area (Å²) in [6.45, 7) is 7.97. The summed E-state index contributed by atoms with van der Waals surface area (Å²) < 4.78 is 0. The van der Waals surface area contributed by atoms with Crippen molar-refractivity contribution in [3.05, 3.63) is 35.4 Å². The summed E-state index contributed by atoms with van der Waals surface area (Å²) in [5, 5.41) is 3.62. The number of nitrogens with one attached hydrogen (secondary N) is 1. The molecule has 1 aromatic rings. The van der Waals surface area contributed by atoms with Gasteiger partial charge in [-0.3, -0.25) is 0 Å². The fourth-order valence-corrected chi connectivity index (χ4v) is 3.08. The maximum absolute atomic E-state index is 3.62. The number of hydrogen-bond donors (Lipinski definition) is 1. The van der Waals surface area contributed by atoms with Crippen LogP contribution in [-0.4, -0.2) is 31.1 Å². The van der Waals surface area contributed by atoms with Crippen LogP contribution in [-0.2, 0) is 13.0 Å². The van der Waals surface area contributed by atoms with Gasteiger partial charge in [0.25, 0.3) is 0 Å².